The Labute approximate surface area is 153 Å². The molecule has 2 atom stereocenters. The molecule has 1 aliphatic carbocycles. The maximum absolute atomic E-state index is 12.1. The molecule has 0 amide bonds. The molecule has 1 unspecified atom stereocenters. The third-order valence-electron chi connectivity index (χ3n) is 5.95. The van der Waals surface area contributed by atoms with Crippen LogP contribution in [0.5, 0.6) is 0 Å². The maximum atomic E-state index is 12.1. The average molecular weight is 361 g/mol. The zero-order chi connectivity index (χ0) is 18.1. The molecule has 5 heteroatoms. The molecule has 136 valence electrons. The molecule has 1 aliphatic heterocycles. The molecular formula is C20H28N2O2S. The highest BCUT2D eigenvalue weighted by molar-refractivity contribution is 7.84. The highest BCUT2D eigenvalue weighted by atomic mass is 32.2. The second-order valence-corrected chi connectivity index (χ2v) is 9.68. The van der Waals surface area contributed by atoms with E-state index in [2.05, 4.69) is 29.3 Å². The van der Waals surface area contributed by atoms with Gasteiger partial charge in [-0.1, -0.05) is 17.9 Å². The van der Waals surface area contributed by atoms with E-state index in [9.17, 15) is 4.21 Å². The first-order valence-corrected chi connectivity index (χ1v) is 10.2. The van der Waals surface area contributed by atoms with Gasteiger partial charge in [0.05, 0.1) is 15.7 Å². The summed E-state index contributed by atoms with van der Waals surface area (Å²) in [5, 5.41) is 18.2. The first kappa shape index (κ1) is 18.6. The summed E-state index contributed by atoms with van der Waals surface area (Å²) in [6, 6.07) is 6.41. The quantitative estimate of drug-likeness (QED) is 0.720. The van der Waals surface area contributed by atoms with Crippen LogP contribution in [0, 0.1) is 17.3 Å². The van der Waals surface area contributed by atoms with Gasteiger partial charge in [-0.15, -0.1) is 0 Å². The van der Waals surface area contributed by atoms with Crippen molar-refractivity contribution >= 4 is 11.0 Å². The Bertz CT molecular complexity index is 727. The zero-order valence-electron chi connectivity index (χ0n) is 15.1. The van der Waals surface area contributed by atoms with Gasteiger partial charge in [0.2, 0.25) is 0 Å². The van der Waals surface area contributed by atoms with Crippen LogP contribution >= 0.6 is 0 Å². The minimum absolute atomic E-state index is 0.130. The largest absolute Gasteiger partial charge is 0.384 e. The number of benzene rings is 1. The third-order valence-corrected chi connectivity index (χ3v) is 7.21. The van der Waals surface area contributed by atoms with Crippen molar-refractivity contribution in [1.82, 2.24) is 5.32 Å². The van der Waals surface area contributed by atoms with Crippen molar-refractivity contribution < 1.29 is 9.32 Å². The van der Waals surface area contributed by atoms with Gasteiger partial charge in [0.15, 0.2) is 0 Å². The number of aliphatic hydroxyl groups excluding tert-OH is 1. The molecule has 1 fully saturated rings. The van der Waals surface area contributed by atoms with Gasteiger partial charge in [-0.2, -0.15) is 0 Å². The van der Waals surface area contributed by atoms with Gasteiger partial charge >= 0.3 is 0 Å². The molecule has 1 heterocycles. The molecule has 3 rings (SSSR count). The summed E-state index contributed by atoms with van der Waals surface area (Å²) >= 11 is 0. The first-order valence-electron chi connectivity index (χ1n) is 8.97. The average Bonchev–Trinajstić information content (AvgIpc) is 2.86. The molecule has 0 aromatic heterocycles. The standard InChI is InChI=1S/C20H28N2O2S/c1-19(2,25(21)24)14-18-17-12-15(4-3-11-23)5-6-16(17)13-20(18)7-9-22-10-8-20/h5-6,12,18,22-23H,7-11,13-14,21H2,1-2H3/t18-,25?/m1/s1. The normalized spacial score (nSPS) is 23.0. The highest BCUT2D eigenvalue weighted by Gasteiger charge is 2.48. The number of nitrogens with one attached hydrogen (secondary N) is 1. The van der Waals surface area contributed by atoms with E-state index in [-0.39, 0.29) is 12.0 Å². The summed E-state index contributed by atoms with van der Waals surface area (Å²) in [5.41, 5.74) is 3.90. The molecule has 4 nitrogen and oxygen atoms in total. The molecular weight excluding hydrogens is 332 g/mol. The Morgan fingerprint density at radius 1 is 1.40 bits per heavy atom. The zero-order valence-corrected chi connectivity index (χ0v) is 15.9. The maximum Gasteiger partial charge on any atom is 0.104 e. The van der Waals surface area contributed by atoms with Gasteiger partial charge in [0.25, 0.3) is 0 Å². The van der Waals surface area contributed by atoms with E-state index < -0.39 is 15.7 Å². The Morgan fingerprint density at radius 3 is 2.76 bits per heavy atom. The Balaban J connectivity index is 2.01. The SMILES string of the molecule is CC(C)(C[C@@H]1c2cc(C#CCO)ccc2CC12CCNCC2)S(N)=O. The van der Waals surface area contributed by atoms with Gasteiger partial charge in [0, 0.05) is 5.56 Å². The van der Waals surface area contributed by atoms with Crippen LogP contribution in [-0.2, 0) is 17.4 Å². The molecule has 25 heavy (non-hydrogen) atoms. The lowest BCUT2D eigenvalue weighted by Gasteiger charge is -2.42. The smallest absolute Gasteiger partial charge is 0.104 e. The Kier molecular flexibility index (Phi) is 5.36. The van der Waals surface area contributed by atoms with E-state index in [0.717, 1.165) is 44.3 Å². The van der Waals surface area contributed by atoms with E-state index >= 15 is 0 Å². The molecule has 1 aromatic carbocycles. The summed E-state index contributed by atoms with van der Waals surface area (Å²) in [6.07, 6.45) is 4.17. The fourth-order valence-corrected chi connectivity index (χ4v) is 4.81. The summed E-state index contributed by atoms with van der Waals surface area (Å²) < 4.78 is 11.7. The second-order valence-electron chi connectivity index (χ2n) is 7.98. The summed E-state index contributed by atoms with van der Waals surface area (Å²) in [4.78, 5) is 0. The first-order chi connectivity index (χ1) is 11.9. The number of piperidine rings is 1. The van der Waals surface area contributed by atoms with Crippen LogP contribution in [0.4, 0.5) is 0 Å². The van der Waals surface area contributed by atoms with Gasteiger partial charge in [0.1, 0.15) is 6.61 Å². The van der Waals surface area contributed by atoms with Crippen LogP contribution < -0.4 is 10.5 Å². The molecule has 1 aromatic rings. The highest BCUT2D eigenvalue weighted by Crippen LogP contribution is 2.55. The van der Waals surface area contributed by atoms with Crippen LogP contribution in [0.3, 0.4) is 0 Å². The topological polar surface area (TPSA) is 75.3 Å². The van der Waals surface area contributed by atoms with E-state index in [0.29, 0.717) is 5.92 Å². The van der Waals surface area contributed by atoms with E-state index in [1.165, 1.54) is 11.1 Å². The van der Waals surface area contributed by atoms with Crippen molar-refractivity contribution in [3.8, 4) is 11.8 Å². The molecule has 0 bridgehead atoms. The lowest BCUT2D eigenvalue weighted by Crippen LogP contribution is -2.43. The molecule has 1 spiro atoms. The van der Waals surface area contributed by atoms with Gasteiger partial charge < -0.3 is 10.4 Å². The van der Waals surface area contributed by atoms with Crippen molar-refractivity contribution in [3.63, 3.8) is 0 Å². The summed E-state index contributed by atoms with van der Waals surface area (Å²) in [7, 11) is -1.36. The minimum atomic E-state index is -1.36. The summed E-state index contributed by atoms with van der Waals surface area (Å²) in [6.45, 7) is 5.95. The number of hydrogen-bond donors (Lipinski definition) is 3. The van der Waals surface area contributed by atoms with Crippen LogP contribution in [0.15, 0.2) is 18.2 Å². The van der Waals surface area contributed by atoms with E-state index in [1.54, 1.807) is 0 Å². The van der Waals surface area contributed by atoms with Crippen LogP contribution in [0.2, 0.25) is 0 Å². The Morgan fingerprint density at radius 2 is 2.12 bits per heavy atom. The van der Waals surface area contributed by atoms with Crippen molar-refractivity contribution in [2.24, 2.45) is 10.6 Å². The lowest BCUT2D eigenvalue weighted by molar-refractivity contribution is 0.158. The number of aliphatic hydroxyl groups is 1. The molecule has 2 aliphatic rings. The molecule has 4 N–H and O–H groups in total. The number of hydrogen-bond acceptors (Lipinski definition) is 3. The predicted molar refractivity (Wildman–Crippen MR) is 102 cm³/mol. The minimum Gasteiger partial charge on any atom is -0.384 e. The summed E-state index contributed by atoms with van der Waals surface area (Å²) in [5.74, 6) is 6.11. The van der Waals surface area contributed by atoms with E-state index in [1.807, 2.05) is 19.9 Å². The molecule has 1 saturated heterocycles. The number of rotatable bonds is 3. The van der Waals surface area contributed by atoms with Crippen molar-refractivity contribution in [1.29, 1.82) is 0 Å². The lowest BCUT2D eigenvalue weighted by atomic mass is 9.67. The van der Waals surface area contributed by atoms with Crippen molar-refractivity contribution in [2.75, 3.05) is 19.7 Å². The Hall–Kier alpha value is -1.19. The fraction of sp³-hybridized carbons (Fsp3) is 0.600. The van der Waals surface area contributed by atoms with Crippen LogP contribution in [0.1, 0.15) is 55.7 Å². The number of fused-ring (bicyclic) bond motifs is 1. The molecule has 0 saturated carbocycles. The predicted octanol–water partition coefficient (Wildman–Crippen LogP) is 1.83. The van der Waals surface area contributed by atoms with Gasteiger partial charge in [-0.3, -0.25) is 5.14 Å². The van der Waals surface area contributed by atoms with Gasteiger partial charge in [-0.25, -0.2) is 4.21 Å². The number of nitrogens with two attached hydrogens (primary N) is 1. The van der Waals surface area contributed by atoms with Crippen LogP contribution in [-0.4, -0.2) is 33.8 Å². The fourth-order valence-electron chi connectivity index (χ4n) is 4.48. The molecule has 0 radical (unpaired) electrons. The van der Waals surface area contributed by atoms with E-state index in [4.69, 9.17) is 10.2 Å². The van der Waals surface area contributed by atoms with Crippen molar-refractivity contribution in [3.05, 3.63) is 34.9 Å². The van der Waals surface area contributed by atoms with Gasteiger partial charge in [-0.05, 0) is 87.2 Å². The van der Waals surface area contributed by atoms with Crippen molar-refractivity contribution in [2.45, 2.75) is 50.2 Å². The monoisotopic (exact) mass is 360 g/mol. The van der Waals surface area contributed by atoms with Crippen LogP contribution in [0.25, 0.3) is 0 Å². The third kappa shape index (κ3) is 3.68. The second kappa shape index (κ2) is 7.20.